The largest absolute Gasteiger partial charge is 0.574 e. The van der Waals surface area contributed by atoms with Gasteiger partial charge in [0.2, 0.25) is 5.88 Å². The maximum Gasteiger partial charge on any atom is 0.574 e. The number of alkyl halides is 3. The number of esters is 1. The van der Waals surface area contributed by atoms with Crippen LogP contribution < -0.4 is 14.2 Å². The number of halogens is 3. The van der Waals surface area contributed by atoms with E-state index in [0.717, 1.165) is 25.1 Å². The summed E-state index contributed by atoms with van der Waals surface area (Å²) in [5, 5.41) is 0. The Hall–Kier alpha value is -2.77. The van der Waals surface area contributed by atoms with Gasteiger partial charge in [-0.2, -0.15) is 0 Å². The van der Waals surface area contributed by atoms with E-state index in [0.29, 0.717) is 12.4 Å². The molecule has 5 nitrogen and oxygen atoms in total. The molecule has 8 heteroatoms. The van der Waals surface area contributed by atoms with E-state index in [1.165, 1.54) is 31.7 Å². The molecule has 0 saturated heterocycles. The van der Waals surface area contributed by atoms with E-state index in [9.17, 15) is 18.0 Å². The molecule has 2 aromatic rings. The van der Waals surface area contributed by atoms with Gasteiger partial charge in [-0.1, -0.05) is 39.0 Å². The van der Waals surface area contributed by atoms with Crippen molar-refractivity contribution in [2.75, 3.05) is 6.61 Å². The summed E-state index contributed by atoms with van der Waals surface area (Å²) in [7, 11) is 0. The summed E-state index contributed by atoms with van der Waals surface area (Å²) in [4.78, 5) is 15.6. The lowest BCUT2D eigenvalue weighted by Gasteiger charge is -2.09. The zero-order chi connectivity index (χ0) is 21.1. The monoisotopic (exact) mass is 411 g/mol. The van der Waals surface area contributed by atoms with Crippen molar-refractivity contribution in [3.05, 3.63) is 48.2 Å². The van der Waals surface area contributed by atoms with Gasteiger partial charge in [0.25, 0.3) is 0 Å². The Morgan fingerprint density at radius 3 is 2.21 bits per heavy atom. The third-order valence-electron chi connectivity index (χ3n) is 4.00. The third-order valence-corrected chi connectivity index (χ3v) is 4.00. The number of pyridine rings is 1. The summed E-state index contributed by atoms with van der Waals surface area (Å²) in [6, 6.07) is 8.61. The first-order chi connectivity index (χ1) is 13.9. The fraction of sp³-hybridized carbons (Fsp3) is 0.429. The molecule has 2 rings (SSSR count). The van der Waals surface area contributed by atoms with Gasteiger partial charge in [0.05, 0.1) is 18.4 Å². The fourth-order valence-electron chi connectivity index (χ4n) is 2.53. The minimum atomic E-state index is -4.83. The van der Waals surface area contributed by atoms with E-state index in [-0.39, 0.29) is 11.3 Å². The van der Waals surface area contributed by atoms with Gasteiger partial charge in [-0.05, 0) is 36.8 Å². The number of hydrogen-bond acceptors (Lipinski definition) is 5. The molecule has 1 aromatic carbocycles. The molecule has 0 saturated carbocycles. The summed E-state index contributed by atoms with van der Waals surface area (Å²) >= 11 is 0. The van der Waals surface area contributed by atoms with Crippen LogP contribution in [-0.2, 0) is 0 Å². The molecular formula is C21H24F3NO4. The van der Waals surface area contributed by atoms with Crippen LogP contribution in [0.1, 0.15) is 55.8 Å². The Morgan fingerprint density at radius 2 is 1.59 bits per heavy atom. The van der Waals surface area contributed by atoms with E-state index in [1.54, 1.807) is 24.3 Å². The van der Waals surface area contributed by atoms with Gasteiger partial charge in [-0.3, -0.25) is 0 Å². The van der Waals surface area contributed by atoms with Crippen LogP contribution in [0.3, 0.4) is 0 Å². The van der Waals surface area contributed by atoms with Gasteiger partial charge < -0.3 is 14.2 Å². The number of carbonyl (C=O) groups excluding carboxylic acids is 1. The van der Waals surface area contributed by atoms with Crippen LogP contribution in [0, 0.1) is 0 Å². The topological polar surface area (TPSA) is 57.7 Å². The lowest BCUT2D eigenvalue weighted by atomic mass is 10.1. The molecule has 0 fully saturated rings. The fourth-order valence-corrected chi connectivity index (χ4v) is 2.53. The van der Waals surface area contributed by atoms with Crippen LogP contribution in [0.4, 0.5) is 13.2 Å². The third kappa shape index (κ3) is 8.85. The second kappa shape index (κ2) is 11.3. The summed E-state index contributed by atoms with van der Waals surface area (Å²) in [5.74, 6) is -0.624. The van der Waals surface area contributed by atoms with Gasteiger partial charge in [0.1, 0.15) is 11.5 Å². The maximum atomic E-state index is 12.1. The highest BCUT2D eigenvalue weighted by molar-refractivity contribution is 5.91. The number of benzene rings is 1. The van der Waals surface area contributed by atoms with Gasteiger partial charge in [0, 0.05) is 6.07 Å². The lowest BCUT2D eigenvalue weighted by Crippen LogP contribution is -2.17. The second-order valence-corrected chi connectivity index (χ2v) is 6.41. The number of hydrogen-bond donors (Lipinski definition) is 0. The highest BCUT2D eigenvalue weighted by Gasteiger charge is 2.31. The molecule has 0 unspecified atom stereocenters. The summed E-state index contributed by atoms with van der Waals surface area (Å²) in [6.45, 7) is 2.80. The van der Waals surface area contributed by atoms with Crippen LogP contribution >= 0.6 is 0 Å². The molecule has 0 radical (unpaired) electrons. The first-order valence-corrected chi connectivity index (χ1v) is 9.54. The lowest BCUT2D eigenvalue weighted by molar-refractivity contribution is -0.276. The summed E-state index contributed by atoms with van der Waals surface area (Å²) < 4.78 is 50.7. The zero-order valence-corrected chi connectivity index (χ0v) is 16.2. The molecule has 0 aliphatic carbocycles. The molecule has 1 heterocycles. The molecule has 0 spiro atoms. The van der Waals surface area contributed by atoms with E-state index in [4.69, 9.17) is 9.47 Å². The summed E-state index contributed by atoms with van der Waals surface area (Å²) in [5.41, 5.74) is 0.285. The Labute approximate surface area is 167 Å². The number of rotatable bonds is 11. The van der Waals surface area contributed by atoms with Crippen molar-refractivity contribution in [2.45, 2.75) is 51.8 Å². The molecule has 0 N–H and O–H groups in total. The van der Waals surface area contributed by atoms with Gasteiger partial charge in [-0.25, -0.2) is 9.78 Å². The van der Waals surface area contributed by atoms with Crippen LogP contribution in [0.15, 0.2) is 42.6 Å². The van der Waals surface area contributed by atoms with Crippen LogP contribution in [0.2, 0.25) is 0 Å². The van der Waals surface area contributed by atoms with E-state index < -0.39 is 18.2 Å². The minimum Gasteiger partial charge on any atom is -0.494 e. The molecule has 0 atom stereocenters. The second-order valence-electron chi connectivity index (χ2n) is 6.41. The van der Waals surface area contributed by atoms with Crippen molar-refractivity contribution < 1.29 is 32.2 Å². The smallest absolute Gasteiger partial charge is 0.494 e. The standard InChI is InChI=1S/C21H24F3NO4/c1-2-3-4-5-6-7-14-27-17-10-8-16(9-11-17)20(26)28-18-12-13-19(25-15-18)29-21(22,23)24/h8-13,15H,2-7,14H2,1H3. The molecule has 0 aliphatic rings. The first-order valence-electron chi connectivity index (χ1n) is 9.54. The average molecular weight is 411 g/mol. The number of carbonyl (C=O) groups is 1. The Morgan fingerprint density at radius 1 is 0.931 bits per heavy atom. The average Bonchev–Trinajstić information content (AvgIpc) is 2.68. The Bertz CT molecular complexity index is 746. The Kier molecular flexibility index (Phi) is 8.76. The molecular weight excluding hydrogens is 387 g/mol. The molecule has 0 bridgehead atoms. The van der Waals surface area contributed by atoms with Gasteiger partial charge >= 0.3 is 12.3 Å². The SMILES string of the molecule is CCCCCCCCOc1ccc(C(=O)Oc2ccc(OC(F)(F)F)nc2)cc1. The number of nitrogens with zero attached hydrogens (tertiary/aromatic N) is 1. The molecule has 0 aliphatic heterocycles. The van der Waals surface area contributed by atoms with Gasteiger partial charge in [0.15, 0.2) is 0 Å². The van der Waals surface area contributed by atoms with Crippen LogP contribution in [0.25, 0.3) is 0 Å². The zero-order valence-electron chi connectivity index (χ0n) is 16.2. The van der Waals surface area contributed by atoms with Gasteiger partial charge in [-0.15, -0.1) is 13.2 Å². The van der Waals surface area contributed by atoms with Crippen molar-refractivity contribution >= 4 is 5.97 Å². The predicted octanol–water partition coefficient (Wildman–Crippen LogP) is 5.94. The molecule has 0 amide bonds. The van der Waals surface area contributed by atoms with E-state index in [1.807, 2.05) is 0 Å². The molecule has 158 valence electrons. The maximum absolute atomic E-state index is 12.1. The first kappa shape index (κ1) is 22.5. The quantitative estimate of drug-likeness (QED) is 0.338. The van der Waals surface area contributed by atoms with Crippen molar-refractivity contribution in [3.8, 4) is 17.4 Å². The minimum absolute atomic E-state index is 0.00734. The van der Waals surface area contributed by atoms with Crippen molar-refractivity contribution in [1.82, 2.24) is 4.98 Å². The number of ether oxygens (including phenoxy) is 3. The van der Waals surface area contributed by atoms with Crippen LogP contribution in [0.5, 0.6) is 17.4 Å². The highest BCUT2D eigenvalue weighted by Crippen LogP contribution is 2.23. The van der Waals surface area contributed by atoms with E-state index >= 15 is 0 Å². The van der Waals surface area contributed by atoms with Crippen molar-refractivity contribution in [1.29, 1.82) is 0 Å². The predicted molar refractivity (Wildman–Crippen MR) is 101 cm³/mol. The summed E-state index contributed by atoms with van der Waals surface area (Å²) in [6.07, 6.45) is 3.21. The number of unbranched alkanes of at least 4 members (excludes halogenated alkanes) is 5. The van der Waals surface area contributed by atoms with E-state index in [2.05, 4.69) is 16.6 Å². The van der Waals surface area contributed by atoms with Crippen molar-refractivity contribution in [3.63, 3.8) is 0 Å². The van der Waals surface area contributed by atoms with Crippen molar-refractivity contribution in [2.24, 2.45) is 0 Å². The normalized spacial score (nSPS) is 11.2. The number of aromatic nitrogens is 1. The Balaban J connectivity index is 1.77. The molecule has 1 aromatic heterocycles. The molecule has 29 heavy (non-hydrogen) atoms. The highest BCUT2D eigenvalue weighted by atomic mass is 19.4. The van der Waals surface area contributed by atoms with Crippen LogP contribution in [-0.4, -0.2) is 23.9 Å².